The maximum Gasteiger partial charge on any atom is 0.255 e. The molecule has 0 aromatic heterocycles. The van der Waals surface area contributed by atoms with Crippen LogP contribution in [-0.4, -0.2) is 23.9 Å². The van der Waals surface area contributed by atoms with E-state index in [0.29, 0.717) is 22.2 Å². The minimum absolute atomic E-state index is 0. The SMILES string of the molecule is CC(C)C1CCN(C(=O)c2ccc(N)cc2Cl)CC1.Cl. The molecule has 112 valence electrons. The highest BCUT2D eigenvalue weighted by atomic mass is 35.5. The Morgan fingerprint density at radius 1 is 1.35 bits per heavy atom. The second-order valence-corrected chi connectivity index (χ2v) is 6.02. The lowest BCUT2D eigenvalue weighted by Gasteiger charge is -2.34. The van der Waals surface area contributed by atoms with Crippen LogP contribution < -0.4 is 5.73 Å². The topological polar surface area (TPSA) is 46.3 Å². The summed E-state index contributed by atoms with van der Waals surface area (Å²) >= 11 is 6.10. The average molecular weight is 317 g/mol. The molecule has 0 unspecified atom stereocenters. The second-order valence-electron chi connectivity index (χ2n) is 5.61. The molecule has 3 nitrogen and oxygen atoms in total. The number of carbonyl (C=O) groups excluding carboxylic acids is 1. The van der Waals surface area contributed by atoms with Gasteiger partial charge in [-0.3, -0.25) is 4.79 Å². The Morgan fingerprint density at radius 2 is 1.95 bits per heavy atom. The number of amides is 1. The van der Waals surface area contributed by atoms with Gasteiger partial charge in [0.15, 0.2) is 0 Å². The first kappa shape index (κ1) is 17.1. The summed E-state index contributed by atoms with van der Waals surface area (Å²) in [6.07, 6.45) is 2.16. The number of nitrogen functional groups attached to an aromatic ring is 1. The maximum absolute atomic E-state index is 12.4. The van der Waals surface area contributed by atoms with Crippen molar-refractivity contribution in [2.75, 3.05) is 18.8 Å². The molecule has 5 heteroatoms. The first-order valence-electron chi connectivity index (χ1n) is 6.83. The first-order valence-corrected chi connectivity index (χ1v) is 7.21. The fraction of sp³-hybridized carbons (Fsp3) is 0.533. The zero-order chi connectivity index (χ0) is 14.0. The standard InChI is InChI=1S/C15H21ClN2O.ClH/c1-10(2)11-5-7-18(8-6-11)15(19)13-4-3-12(17)9-14(13)16;/h3-4,9-11H,5-8,17H2,1-2H3;1H. The molecule has 1 aliphatic rings. The Balaban J connectivity index is 0.00000200. The summed E-state index contributed by atoms with van der Waals surface area (Å²) in [5, 5.41) is 0.441. The van der Waals surface area contributed by atoms with Crippen LogP contribution in [0.25, 0.3) is 0 Å². The van der Waals surface area contributed by atoms with Crippen LogP contribution in [0, 0.1) is 11.8 Å². The van der Waals surface area contributed by atoms with Crippen LogP contribution in [0.1, 0.15) is 37.0 Å². The van der Waals surface area contributed by atoms with E-state index < -0.39 is 0 Å². The summed E-state index contributed by atoms with van der Waals surface area (Å²) < 4.78 is 0. The molecule has 0 bridgehead atoms. The number of likely N-dealkylation sites (tertiary alicyclic amines) is 1. The van der Waals surface area contributed by atoms with Gasteiger partial charge in [-0.1, -0.05) is 25.4 Å². The van der Waals surface area contributed by atoms with Crippen LogP contribution in [0.3, 0.4) is 0 Å². The van der Waals surface area contributed by atoms with Gasteiger partial charge in [0.2, 0.25) is 0 Å². The lowest BCUT2D eigenvalue weighted by atomic mass is 9.86. The third-order valence-corrected chi connectivity index (χ3v) is 4.31. The Morgan fingerprint density at radius 3 is 2.45 bits per heavy atom. The summed E-state index contributed by atoms with van der Waals surface area (Å²) in [6, 6.07) is 5.07. The summed E-state index contributed by atoms with van der Waals surface area (Å²) in [4.78, 5) is 14.3. The fourth-order valence-corrected chi connectivity index (χ4v) is 2.91. The van der Waals surface area contributed by atoms with Crippen molar-refractivity contribution in [3.05, 3.63) is 28.8 Å². The van der Waals surface area contributed by atoms with E-state index in [1.807, 2.05) is 4.90 Å². The molecule has 1 aromatic rings. The summed E-state index contributed by atoms with van der Waals surface area (Å²) in [6.45, 7) is 6.14. The molecule has 0 radical (unpaired) electrons. The van der Waals surface area contributed by atoms with Crippen molar-refractivity contribution in [3.63, 3.8) is 0 Å². The molecule has 0 spiro atoms. The molecule has 0 saturated carbocycles. The largest absolute Gasteiger partial charge is 0.399 e. The van der Waals surface area contributed by atoms with Crippen molar-refractivity contribution in [1.82, 2.24) is 4.90 Å². The number of hydrogen-bond acceptors (Lipinski definition) is 2. The zero-order valence-electron chi connectivity index (χ0n) is 11.9. The predicted molar refractivity (Wildman–Crippen MR) is 86.6 cm³/mol. The van der Waals surface area contributed by atoms with E-state index in [1.54, 1.807) is 18.2 Å². The summed E-state index contributed by atoms with van der Waals surface area (Å²) in [7, 11) is 0. The number of nitrogens with two attached hydrogens (primary N) is 1. The first-order chi connectivity index (χ1) is 8.99. The summed E-state index contributed by atoms with van der Waals surface area (Å²) in [5.41, 5.74) is 6.79. The minimum Gasteiger partial charge on any atom is -0.399 e. The minimum atomic E-state index is 0. The van der Waals surface area contributed by atoms with Crippen LogP contribution in [-0.2, 0) is 0 Å². The van der Waals surface area contributed by atoms with Gasteiger partial charge in [-0.05, 0) is 42.9 Å². The van der Waals surface area contributed by atoms with Crippen molar-refractivity contribution < 1.29 is 4.79 Å². The van der Waals surface area contributed by atoms with Crippen LogP contribution >= 0.6 is 24.0 Å². The number of rotatable bonds is 2. The van der Waals surface area contributed by atoms with Gasteiger partial charge in [0.1, 0.15) is 0 Å². The molecule has 1 fully saturated rings. The van der Waals surface area contributed by atoms with Crippen molar-refractivity contribution in [2.45, 2.75) is 26.7 Å². The molecule has 1 aromatic carbocycles. The molecular formula is C15H22Cl2N2O. The Bertz CT molecular complexity index is 469. The van der Waals surface area contributed by atoms with Crippen molar-refractivity contribution in [1.29, 1.82) is 0 Å². The van der Waals surface area contributed by atoms with Crippen LogP contribution in [0.4, 0.5) is 5.69 Å². The monoisotopic (exact) mass is 316 g/mol. The molecule has 20 heavy (non-hydrogen) atoms. The molecule has 1 heterocycles. The highest BCUT2D eigenvalue weighted by molar-refractivity contribution is 6.34. The highest BCUT2D eigenvalue weighted by Crippen LogP contribution is 2.27. The fourth-order valence-electron chi connectivity index (χ4n) is 2.64. The highest BCUT2D eigenvalue weighted by Gasteiger charge is 2.26. The Hall–Kier alpha value is -0.930. The zero-order valence-corrected chi connectivity index (χ0v) is 13.5. The number of halogens is 2. The Labute approximate surface area is 131 Å². The van der Waals surface area contributed by atoms with Crippen molar-refractivity contribution in [2.24, 2.45) is 11.8 Å². The average Bonchev–Trinajstić information content (AvgIpc) is 2.38. The number of piperidine rings is 1. The molecule has 2 rings (SSSR count). The van der Waals surface area contributed by atoms with Gasteiger partial charge in [-0.25, -0.2) is 0 Å². The Kier molecular flexibility index (Phi) is 6.15. The molecule has 1 aliphatic heterocycles. The van der Waals surface area contributed by atoms with E-state index in [0.717, 1.165) is 31.8 Å². The van der Waals surface area contributed by atoms with Crippen LogP contribution in [0.15, 0.2) is 18.2 Å². The van der Waals surface area contributed by atoms with E-state index in [9.17, 15) is 4.79 Å². The van der Waals surface area contributed by atoms with Gasteiger partial charge in [0, 0.05) is 18.8 Å². The number of benzene rings is 1. The molecule has 0 atom stereocenters. The van der Waals surface area contributed by atoms with Gasteiger partial charge in [-0.2, -0.15) is 0 Å². The lowest BCUT2D eigenvalue weighted by Crippen LogP contribution is -2.39. The van der Waals surface area contributed by atoms with Gasteiger partial charge < -0.3 is 10.6 Å². The molecule has 1 amide bonds. The second kappa shape index (κ2) is 7.19. The van der Waals surface area contributed by atoms with Gasteiger partial charge in [0.05, 0.1) is 10.6 Å². The van der Waals surface area contributed by atoms with Crippen molar-refractivity contribution >= 4 is 35.6 Å². The molecule has 0 aliphatic carbocycles. The van der Waals surface area contributed by atoms with Crippen LogP contribution in [0.5, 0.6) is 0 Å². The normalized spacial score (nSPS) is 16.1. The smallest absolute Gasteiger partial charge is 0.255 e. The predicted octanol–water partition coefficient (Wildman–Crippen LogP) is 3.85. The number of carbonyl (C=O) groups is 1. The van der Waals surface area contributed by atoms with E-state index in [2.05, 4.69) is 13.8 Å². The molecular weight excluding hydrogens is 295 g/mol. The van der Waals surface area contributed by atoms with Gasteiger partial charge in [-0.15, -0.1) is 12.4 Å². The van der Waals surface area contributed by atoms with E-state index in [4.69, 9.17) is 17.3 Å². The third-order valence-electron chi connectivity index (χ3n) is 3.99. The number of hydrogen-bond donors (Lipinski definition) is 1. The summed E-state index contributed by atoms with van der Waals surface area (Å²) in [5.74, 6) is 1.44. The van der Waals surface area contributed by atoms with E-state index in [-0.39, 0.29) is 18.3 Å². The quantitative estimate of drug-likeness (QED) is 0.842. The van der Waals surface area contributed by atoms with Crippen LogP contribution in [0.2, 0.25) is 5.02 Å². The molecule has 2 N–H and O–H groups in total. The number of nitrogens with zero attached hydrogens (tertiary/aromatic N) is 1. The van der Waals surface area contributed by atoms with Gasteiger partial charge in [0.25, 0.3) is 5.91 Å². The van der Waals surface area contributed by atoms with Gasteiger partial charge >= 0.3 is 0 Å². The van der Waals surface area contributed by atoms with E-state index >= 15 is 0 Å². The number of anilines is 1. The third kappa shape index (κ3) is 3.80. The maximum atomic E-state index is 12.4. The lowest BCUT2D eigenvalue weighted by molar-refractivity contribution is 0.0668. The van der Waals surface area contributed by atoms with E-state index in [1.165, 1.54) is 0 Å². The molecule has 1 saturated heterocycles. The van der Waals surface area contributed by atoms with Crippen molar-refractivity contribution in [3.8, 4) is 0 Å².